The Kier molecular flexibility index (Phi) is 4.21. The topological polar surface area (TPSA) is 77.2 Å². The number of nitrogens with zero attached hydrogens (tertiary/aromatic N) is 1. The van der Waals surface area contributed by atoms with Gasteiger partial charge in [0.2, 0.25) is 0 Å². The molecule has 0 spiro atoms. The predicted octanol–water partition coefficient (Wildman–Crippen LogP) is 2.55. The second-order valence-electron chi connectivity index (χ2n) is 3.91. The van der Waals surface area contributed by atoms with Gasteiger partial charge in [0.25, 0.3) is 0 Å². The Hall–Kier alpha value is -1.82. The second kappa shape index (κ2) is 5.88. The van der Waals surface area contributed by atoms with Crippen molar-refractivity contribution in [1.82, 2.24) is 4.98 Å². The van der Waals surface area contributed by atoms with Crippen LogP contribution < -0.4 is 11.1 Å². The number of aromatic nitrogens is 1. The fraction of sp³-hybridized carbons (Fsp3) is 0.231. The molecule has 0 unspecified atom stereocenters. The largest absolute Gasteiger partial charge is 0.465 e. The molecular weight excluding hydrogens is 310 g/mol. The summed E-state index contributed by atoms with van der Waals surface area (Å²) in [4.78, 5) is 15.6. The van der Waals surface area contributed by atoms with Gasteiger partial charge in [-0.3, -0.25) is 9.78 Å². The smallest absolute Gasteiger partial charge is 0.325 e. The molecule has 19 heavy (non-hydrogen) atoms. The zero-order valence-electron chi connectivity index (χ0n) is 10.4. The first-order chi connectivity index (χ1) is 9.11. The highest BCUT2D eigenvalue weighted by molar-refractivity contribution is 9.10. The average molecular weight is 324 g/mol. The van der Waals surface area contributed by atoms with Crippen molar-refractivity contribution in [3.05, 3.63) is 28.9 Å². The van der Waals surface area contributed by atoms with Gasteiger partial charge in [-0.05, 0) is 25.1 Å². The van der Waals surface area contributed by atoms with Crippen molar-refractivity contribution in [1.29, 1.82) is 0 Å². The molecule has 6 heteroatoms. The highest BCUT2D eigenvalue weighted by Crippen LogP contribution is 2.29. The SMILES string of the molecule is CCOC(=O)CNc1c(N)cnc2ccc(Br)cc12. The summed E-state index contributed by atoms with van der Waals surface area (Å²) in [6.45, 7) is 2.20. The second-order valence-corrected chi connectivity index (χ2v) is 4.82. The molecule has 0 aliphatic rings. The van der Waals surface area contributed by atoms with Crippen molar-refractivity contribution < 1.29 is 9.53 Å². The van der Waals surface area contributed by atoms with Crippen LogP contribution in [0.1, 0.15) is 6.92 Å². The normalized spacial score (nSPS) is 10.4. The fourth-order valence-corrected chi connectivity index (χ4v) is 2.11. The van der Waals surface area contributed by atoms with Crippen LogP contribution in [0.4, 0.5) is 11.4 Å². The van der Waals surface area contributed by atoms with E-state index in [1.807, 2.05) is 18.2 Å². The molecule has 1 aromatic heterocycles. The van der Waals surface area contributed by atoms with Crippen LogP contribution >= 0.6 is 15.9 Å². The van der Waals surface area contributed by atoms with Crippen LogP contribution in [0, 0.1) is 0 Å². The molecule has 100 valence electrons. The van der Waals surface area contributed by atoms with Crippen LogP contribution in [0.15, 0.2) is 28.9 Å². The van der Waals surface area contributed by atoms with Crippen LogP contribution in [-0.2, 0) is 9.53 Å². The molecule has 0 radical (unpaired) electrons. The number of benzene rings is 1. The minimum atomic E-state index is -0.318. The molecule has 3 N–H and O–H groups in total. The van der Waals surface area contributed by atoms with Crippen molar-refractivity contribution in [2.75, 3.05) is 24.2 Å². The number of carbonyl (C=O) groups excluding carboxylic acids is 1. The van der Waals surface area contributed by atoms with Crippen molar-refractivity contribution in [3.8, 4) is 0 Å². The van der Waals surface area contributed by atoms with Gasteiger partial charge in [-0.25, -0.2) is 0 Å². The average Bonchev–Trinajstić information content (AvgIpc) is 2.38. The summed E-state index contributed by atoms with van der Waals surface area (Å²) in [5.41, 5.74) is 7.90. The Morgan fingerprint density at radius 3 is 3.05 bits per heavy atom. The number of ether oxygens (including phenoxy) is 1. The van der Waals surface area contributed by atoms with Gasteiger partial charge in [0.15, 0.2) is 0 Å². The number of nitrogens with two attached hydrogens (primary N) is 1. The van der Waals surface area contributed by atoms with Crippen LogP contribution in [-0.4, -0.2) is 24.1 Å². The molecule has 5 nitrogen and oxygen atoms in total. The number of rotatable bonds is 4. The lowest BCUT2D eigenvalue weighted by atomic mass is 10.1. The van der Waals surface area contributed by atoms with Gasteiger partial charge < -0.3 is 15.8 Å². The Morgan fingerprint density at radius 2 is 2.32 bits per heavy atom. The van der Waals surface area contributed by atoms with E-state index in [0.29, 0.717) is 18.0 Å². The summed E-state index contributed by atoms with van der Waals surface area (Å²) >= 11 is 3.41. The highest BCUT2D eigenvalue weighted by Gasteiger charge is 2.09. The highest BCUT2D eigenvalue weighted by atomic mass is 79.9. The van der Waals surface area contributed by atoms with Gasteiger partial charge in [-0.1, -0.05) is 15.9 Å². The lowest BCUT2D eigenvalue weighted by Gasteiger charge is -2.12. The van der Waals surface area contributed by atoms with E-state index < -0.39 is 0 Å². The summed E-state index contributed by atoms with van der Waals surface area (Å²) in [7, 11) is 0. The van der Waals surface area contributed by atoms with E-state index in [-0.39, 0.29) is 12.5 Å². The third kappa shape index (κ3) is 3.14. The molecule has 0 bridgehead atoms. The van der Waals surface area contributed by atoms with Crippen LogP contribution in [0.25, 0.3) is 10.9 Å². The Labute approximate surface area is 119 Å². The maximum atomic E-state index is 11.4. The number of halogens is 1. The minimum absolute atomic E-state index is 0.0731. The van der Waals surface area contributed by atoms with E-state index >= 15 is 0 Å². The summed E-state index contributed by atoms with van der Waals surface area (Å²) in [6.07, 6.45) is 1.57. The molecule has 1 aromatic carbocycles. The zero-order valence-corrected chi connectivity index (χ0v) is 12.0. The van der Waals surface area contributed by atoms with E-state index in [9.17, 15) is 4.79 Å². The Morgan fingerprint density at radius 1 is 1.53 bits per heavy atom. The lowest BCUT2D eigenvalue weighted by Crippen LogP contribution is -2.17. The molecule has 0 aliphatic heterocycles. The lowest BCUT2D eigenvalue weighted by molar-refractivity contribution is -0.140. The third-order valence-electron chi connectivity index (χ3n) is 2.57. The number of nitrogens with one attached hydrogen (secondary N) is 1. The van der Waals surface area contributed by atoms with Gasteiger partial charge >= 0.3 is 5.97 Å². The molecular formula is C13H14BrN3O2. The quantitative estimate of drug-likeness (QED) is 0.845. The fourth-order valence-electron chi connectivity index (χ4n) is 1.75. The number of hydrogen-bond donors (Lipinski definition) is 2. The minimum Gasteiger partial charge on any atom is -0.465 e. The van der Waals surface area contributed by atoms with Gasteiger partial charge in [0, 0.05) is 9.86 Å². The van der Waals surface area contributed by atoms with Crippen molar-refractivity contribution in [2.24, 2.45) is 0 Å². The van der Waals surface area contributed by atoms with E-state index in [1.54, 1.807) is 13.1 Å². The van der Waals surface area contributed by atoms with Gasteiger partial charge in [-0.2, -0.15) is 0 Å². The number of hydrogen-bond acceptors (Lipinski definition) is 5. The predicted molar refractivity (Wildman–Crippen MR) is 79.0 cm³/mol. The standard InChI is InChI=1S/C13H14BrN3O2/c1-2-19-12(18)7-17-13-9-5-8(14)3-4-11(9)16-6-10(13)15/h3-6H,2,7,15H2,1H3,(H,16,17). The maximum absolute atomic E-state index is 11.4. The maximum Gasteiger partial charge on any atom is 0.325 e. The van der Waals surface area contributed by atoms with Gasteiger partial charge in [0.1, 0.15) is 6.54 Å². The first-order valence-electron chi connectivity index (χ1n) is 5.85. The molecule has 0 atom stereocenters. The molecule has 0 aliphatic carbocycles. The summed E-state index contributed by atoms with van der Waals surface area (Å²) < 4.78 is 5.79. The summed E-state index contributed by atoms with van der Waals surface area (Å²) in [6, 6.07) is 5.70. The number of fused-ring (bicyclic) bond motifs is 1. The molecule has 2 rings (SSSR count). The van der Waals surface area contributed by atoms with Gasteiger partial charge in [0.05, 0.1) is 29.7 Å². The Balaban J connectivity index is 2.32. The molecule has 0 saturated heterocycles. The summed E-state index contributed by atoms with van der Waals surface area (Å²) in [5.74, 6) is -0.318. The molecule has 0 fully saturated rings. The van der Waals surface area contributed by atoms with Crippen LogP contribution in [0.5, 0.6) is 0 Å². The first-order valence-corrected chi connectivity index (χ1v) is 6.64. The number of nitrogen functional groups attached to an aromatic ring is 1. The summed E-state index contributed by atoms with van der Waals surface area (Å²) in [5, 5.41) is 3.87. The third-order valence-corrected chi connectivity index (χ3v) is 3.07. The number of esters is 1. The van der Waals surface area contributed by atoms with Crippen LogP contribution in [0.2, 0.25) is 0 Å². The molecule has 1 heterocycles. The number of pyridine rings is 1. The van der Waals surface area contributed by atoms with Gasteiger partial charge in [-0.15, -0.1) is 0 Å². The van der Waals surface area contributed by atoms with Crippen molar-refractivity contribution in [2.45, 2.75) is 6.92 Å². The van der Waals surface area contributed by atoms with Crippen molar-refractivity contribution >= 4 is 44.2 Å². The van der Waals surface area contributed by atoms with Crippen molar-refractivity contribution in [3.63, 3.8) is 0 Å². The van der Waals surface area contributed by atoms with E-state index in [4.69, 9.17) is 10.5 Å². The zero-order chi connectivity index (χ0) is 13.8. The molecule has 0 saturated carbocycles. The number of anilines is 2. The first kappa shape index (κ1) is 13.6. The molecule has 0 amide bonds. The Bertz CT molecular complexity index is 611. The molecule has 2 aromatic rings. The van der Waals surface area contributed by atoms with E-state index in [0.717, 1.165) is 15.4 Å². The van der Waals surface area contributed by atoms with Crippen LogP contribution in [0.3, 0.4) is 0 Å². The van der Waals surface area contributed by atoms with E-state index in [1.165, 1.54) is 0 Å². The van der Waals surface area contributed by atoms with E-state index in [2.05, 4.69) is 26.2 Å². The number of carbonyl (C=O) groups is 1. The monoisotopic (exact) mass is 323 g/mol.